The molecular weight excluding hydrogens is 418 g/mol. The van der Waals surface area contributed by atoms with Gasteiger partial charge in [0.05, 0.1) is 19.8 Å². The van der Waals surface area contributed by atoms with Crippen molar-refractivity contribution < 1.29 is 22.7 Å². The van der Waals surface area contributed by atoms with Gasteiger partial charge in [0.25, 0.3) is 5.91 Å². The Morgan fingerprint density at radius 1 is 1.03 bits per heavy atom. The molecule has 172 valence electrons. The predicted octanol–water partition coefficient (Wildman–Crippen LogP) is 2.12. The molecule has 1 aliphatic heterocycles. The normalized spacial score (nSPS) is 28.9. The first-order valence-corrected chi connectivity index (χ1v) is 12.7. The molecule has 0 spiro atoms. The molecule has 1 atom stereocenters. The van der Waals surface area contributed by atoms with E-state index in [0.29, 0.717) is 6.04 Å². The first kappa shape index (κ1) is 22.4. The maximum absolute atomic E-state index is 13.1. The molecule has 1 heterocycles. The Morgan fingerprint density at radius 3 is 2.19 bits per heavy atom. The van der Waals surface area contributed by atoms with Gasteiger partial charge in [-0.15, -0.1) is 0 Å². The molecular formula is C22H33N3O5S. The van der Waals surface area contributed by atoms with Crippen LogP contribution >= 0.6 is 0 Å². The highest BCUT2D eigenvalue weighted by molar-refractivity contribution is 7.89. The van der Waals surface area contributed by atoms with E-state index in [4.69, 9.17) is 14.6 Å². The van der Waals surface area contributed by atoms with E-state index in [1.807, 2.05) is 0 Å². The number of fused-ring (bicyclic) bond motifs is 2. The molecule has 3 aliphatic rings. The van der Waals surface area contributed by atoms with Crippen molar-refractivity contribution in [2.75, 3.05) is 27.3 Å². The second-order valence-electron chi connectivity index (χ2n) is 9.07. The standard InChI is InChI=1S/C22H33N3O5S/c1-29-18-12-19(30-2)20(31(23,27)28)11-17(18)22(26)24-16-9-10-25(13-16)21-14-5-3-6-15(21)8-4-7-14/h11-12,14-16,21H,3-10,13H2,1-2H3,(H,24,26)(H2,23,27,28)/t14?,15?,16-,21?/m0/s1. The largest absolute Gasteiger partial charge is 0.496 e. The van der Waals surface area contributed by atoms with Crippen molar-refractivity contribution in [3.8, 4) is 11.5 Å². The van der Waals surface area contributed by atoms with Crippen molar-refractivity contribution >= 4 is 15.9 Å². The minimum Gasteiger partial charge on any atom is -0.496 e. The molecule has 1 saturated heterocycles. The van der Waals surface area contributed by atoms with Gasteiger partial charge in [0, 0.05) is 31.2 Å². The molecule has 8 nitrogen and oxygen atoms in total. The van der Waals surface area contributed by atoms with E-state index in [2.05, 4.69) is 10.2 Å². The monoisotopic (exact) mass is 451 g/mol. The molecule has 0 aromatic heterocycles. The van der Waals surface area contributed by atoms with E-state index in [9.17, 15) is 13.2 Å². The fourth-order valence-corrected chi connectivity index (χ4v) is 6.65. The number of carbonyl (C=O) groups excluding carboxylic acids is 1. The van der Waals surface area contributed by atoms with E-state index in [1.54, 1.807) is 0 Å². The van der Waals surface area contributed by atoms with Crippen LogP contribution in [0, 0.1) is 11.8 Å². The van der Waals surface area contributed by atoms with Crippen LogP contribution in [0.15, 0.2) is 17.0 Å². The van der Waals surface area contributed by atoms with Crippen LogP contribution in [0.3, 0.4) is 0 Å². The number of benzene rings is 1. The number of methoxy groups -OCH3 is 2. The molecule has 0 radical (unpaired) electrons. The second-order valence-corrected chi connectivity index (χ2v) is 10.6. The zero-order valence-electron chi connectivity index (χ0n) is 18.3. The Labute approximate surface area is 184 Å². The number of nitrogens with zero attached hydrogens (tertiary/aromatic N) is 1. The molecule has 2 aliphatic carbocycles. The number of sulfonamides is 1. The van der Waals surface area contributed by atoms with Crippen molar-refractivity contribution in [2.24, 2.45) is 17.0 Å². The van der Waals surface area contributed by atoms with Gasteiger partial charge in [-0.2, -0.15) is 0 Å². The van der Waals surface area contributed by atoms with E-state index in [-0.39, 0.29) is 33.9 Å². The van der Waals surface area contributed by atoms with Gasteiger partial charge in [0.1, 0.15) is 16.4 Å². The Balaban J connectivity index is 1.49. The lowest BCUT2D eigenvalue weighted by Gasteiger charge is -2.47. The lowest BCUT2D eigenvalue weighted by molar-refractivity contribution is 0.0346. The summed E-state index contributed by atoms with van der Waals surface area (Å²) in [5, 5.41) is 8.40. The Kier molecular flexibility index (Phi) is 6.46. The lowest BCUT2D eigenvalue weighted by Crippen LogP contribution is -2.50. The molecule has 3 fully saturated rings. The number of nitrogens with one attached hydrogen (secondary N) is 1. The first-order chi connectivity index (χ1) is 14.8. The average molecular weight is 452 g/mol. The number of nitrogens with two attached hydrogens (primary N) is 1. The summed E-state index contributed by atoms with van der Waals surface area (Å²) in [4.78, 5) is 15.4. The van der Waals surface area contributed by atoms with Crippen LogP contribution in [0.4, 0.5) is 0 Å². The summed E-state index contributed by atoms with van der Waals surface area (Å²) in [5.41, 5.74) is 0.139. The second kappa shape index (κ2) is 8.96. The van der Waals surface area contributed by atoms with Gasteiger partial charge >= 0.3 is 0 Å². The zero-order chi connectivity index (χ0) is 22.2. The van der Waals surface area contributed by atoms with Crippen LogP contribution in [-0.4, -0.2) is 58.6 Å². The van der Waals surface area contributed by atoms with Gasteiger partial charge < -0.3 is 14.8 Å². The van der Waals surface area contributed by atoms with Gasteiger partial charge in [0.2, 0.25) is 10.0 Å². The van der Waals surface area contributed by atoms with Crippen molar-refractivity contribution in [3.63, 3.8) is 0 Å². The molecule has 2 saturated carbocycles. The summed E-state index contributed by atoms with van der Waals surface area (Å²) in [6.07, 6.45) is 8.90. The molecule has 31 heavy (non-hydrogen) atoms. The molecule has 1 aromatic carbocycles. The summed E-state index contributed by atoms with van der Waals surface area (Å²) in [6.45, 7) is 1.83. The quantitative estimate of drug-likeness (QED) is 0.685. The summed E-state index contributed by atoms with van der Waals surface area (Å²) in [6, 6.07) is 3.30. The number of ether oxygens (including phenoxy) is 2. The number of rotatable bonds is 6. The number of primary sulfonamides is 1. The van der Waals surface area contributed by atoms with Gasteiger partial charge in [0.15, 0.2) is 0 Å². The van der Waals surface area contributed by atoms with Crippen molar-refractivity contribution in [2.45, 2.75) is 61.9 Å². The van der Waals surface area contributed by atoms with E-state index >= 15 is 0 Å². The third-order valence-corrected chi connectivity index (χ3v) is 8.21. The van der Waals surface area contributed by atoms with Crippen LogP contribution in [0.25, 0.3) is 0 Å². The first-order valence-electron chi connectivity index (χ1n) is 11.2. The van der Waals surface area contributed by atoms with Crippen molar-refractivity contribution in [1.29, 1.82) is 0 Å². The van der Waals surface area contributed by atoms with Crippen LogP contribution in [-0.2, 0) is 10.0 Å². The van der Waals surface area contributed by atoms with Crippen LogP contribution in [0.5, 0.6) is 11.5 Å². The maximum atomic E-state index is 13.1. The topological polar surface area (TPSA) is 111 Å². The van der Waals surface area contributed by atoms with E-state index in [1.165, 1.54) is 64.9 Å². The number of amides is 1. The Hall–Kier alpha value is -1.84. The highest BCUT2D eigenvalue weighted by Gasteiger charge is 2.42. The Bertz CT molecular complexity index is 913. The minimum atomic E-state index is -4.05. The third kappa shape index (κ3) is 4.54. The van der Waals surface area contributed by atoms with Crippen molar-refractivity contribution in [1.82, 2.24) is 10.2 Å². The molecule has 9 heteroatoms. The highest BCUT2D eigenvalue weighted by Crippen LogP contribution is 2.43. The summed E-state index contributed by atoms with van der Waals surface area (Å²) < 4.78 is 34.4. The van der Waals surface area contributed by atoms with Gasteiger partial charge in [-0.3, -0.25) is 9.69 Å². The molecule has 0 unspecified atom stereocenters. The number of carbonyl (C=O) groups is 1. The zero-order valence-corrected chi connectivity index (χ0v) is 19.1. The fourth-order valence-electron chi connectivity index (χ4n) is 5.95. The minimum absolute atomic E-state index is 0.0277. The smallest absolute Gasteiger partial charge is 0.255 e. The molecule has 4 rings (SSSR count). The predicted molar refractivity (Wildman–Crippen MR) is 117 cm³/mol. The summed E-state index contributed by atoms with van der Waals surface area (Å²) in [7, 11) is -1.28. The lowest BCUT2D eigenvalue weighted by atomic mass is 9.68. The van der Waals surface area contributed by atoms with Crippen LogP contribution in [0.2, 0.25) is 0 Å². The average Bonchev–Trinajstić information content (AvgIpc) is 3.19. The van der Waals surface area contributed by atoms with Gasteiger partial charge in [-0.1, -0.05) is 12.8 Å². The fraction of sp³-hybridized carbons (Fsp3) is 0.682. The third-order valence-electron chi connectivity index (χ3n) is 7.28. The maximum Gasteiger partial charge on any atom is 0.255 e. The molecule has 2 bridgehead atoms. The molecule has 3 N–H and O–H groups in total. The van der Waals surface area contributed by atoms with Crippen molar-refractivity contribution in [3.05, 3.63) is 17.7 Å². The van der Waals surface area contributed by atoms with Crippen LogP contribution < -0.4 is 19.9 Å². The molecule has 1 aromatic rings. The SMILES string of the molecule is COc1cc(OC)c(S(N)(=O)=O)cc1C(=O)N[C@H]1CCN(C2C3CCCC2CCC3)C1. The van der Waals surface area contributed by atoms with Gasteiger partial charge in [-0.25, -0.2) is 13.6 Å². The van der Waals surface area contributed by atoms with Crippen LogP contribution in [0.1, 0.15) is 55.3 Å². The highest BCUT2D eigenvalue weighted by atomic mass is 32.2. The van der Waals surface area contributed by atoms with Gasteiger partial charge in [-0.05, 0) is 50.0 Å². The number of hydrogen-bond donors (Lipinski definition) is 2. The number of hydrogen-bond acceptors (Lipinski definition) is 6. The molecule has 1 amide bonds. The summed E-state index contributed by atoms with van der Waals surface area (Å²) >= 11 is 0. The summed E-state index contributed by atoms with van der Waals surface area (Å²) in [5.74, 6) is 1.52. The Morgan fingerprint density at radius 2 is 1.65 bits per heavy atom. The number of likely N-dealkylation sites (tertiary alicyclic amines) is 1. The van der Waals surface area contributed by atoms with E-state index < -0.39 is 10.0 Å². The van der Waals surface area contributed by atoms with E-state index in [0.717, 1.165) is 31.3 Å².